The highest BCUT2D eigenvalue weighted by molar-refractivity contribution is 5.33. The normalized spacial score (nSPS) is 10.6. The number of unbranched alkanes of at least 4 members (excludes halogenated alkanes) is 2. The Morgan fingerprint density at radius 3 is 2.61 bits per heavy atom. The predicted molar refractivity (Wildman–Crippen MR) is 74.0 cm³/mol. The van der Waals surface area contributed by atoms with Crippen LogP contribution in [0.4, 0.5) is 0 Å². The minimum absolute atomic E-state index is 0.274. The third-order valence-corrected chi connectivity index (χ3v) is 3.13. The standard InChI is InChI=1S/C15H25NO2/c1-13-6-7-15(12-14(13)2)18-11-5-3-4-8-16-9-10-17/h6-7,12,16-17H,3-5,8-11H2,1-2H3/p+1. The first-order chi connectivity index (χ1) is 8.74. The maximum atomic E-state index is 8.62. The number of rotatable bonds is 9. The number of nitrogens with two attached hydrogens (primary N) is 1. The highest BCUT2D eigenvalue weighted by Crippen LogP contribution is 2.16. The van der Waals surface area contributed by atoms with Crippen LogP contribution in [-0.4, -0.2) is 31.4 Å². The van der Waals surface area contributed by atoms with Crippen molar-refractivity contribution in [2.24, 2.45) is 0 Å². The van der Waals surface area contributed by atoms with Crippen molar-refractivity contribution in [2.75, 3.05) is 26.3 Å². The Morgan fingerprint density at radius 1 is 1.06 bits per heavy atom. The van der Waals surface area contributed by atoms with Gasteiger partial charge in [-0.25, -0.2) is 0 Å². The number of hydrogen-bond donors (Lipinski definition) is 2. The van der Waals surface area contributed by atoms with Crippen LogP contribution in [0.5, 0.6) is 5.75 Å². The molecule has 0 aromatic heterocycles. The highest BCUT2D eigenvalue weighted by Gasteiger charge is 1.97. The fraction of sp³-hybridized carbons (Fsp3) is 0.600. The molecule has 0 heterocycles. The van der Waals surface area contributed by atoms with Crippen molar-refractivity contribution in [3.05, 3.63) is 29.3 Å². The largest absolute Gasteiger partial charge is 0.494 e. The van der Waals surface area contributed by atoms with E-state index in [-0.39, 0.29) is 6.61 Å². The van der Waals surface area contributed by atoms with Gasteiger partial charge in [0, 0.05) is 0 Å². The number of benzene rings is 1. The van der Waals surface area contributed by atoms with Crippen LogP contribution in [0.2, 0.25) is 0 Å². The molecule has 0 aliphatic rings. The van der Waals surface area contributed by atoms with E-state index in [0.717, 1.165) is 31.9 Å². The van der Waals surface area contributed by atoms with E-state index in [9.17, 15) is 0 Å². The lowest BCUT2D eigenvalue weighted by molar-refractivity contribution is -0.656. The maximum Gasteiger partial charge on any atom is 0.119 e. The van der Waals surface area contributed by atoms with Gasteiger partial charge in [0.1, 0.15) is 5.75 Å². The quantitative estimate of drug-likeness (QED) is 0.653. The summed E-state index contributed by atoms with van der Waals surface area (Å²) < 4.78 is 5.72. The number of hydrogen-bond acceptors (Lipinski definition) is 2. The van der Waals surface area contributed by atoms with Gasteiger partial charge in [0.2, 0.25) is 0 Å². The molecule has 0 unspecified atom stereocenters. The average Bonchev–Trinajstić information content (AvgIpc) is 2.37. The molecule has 1 aromatic carbocycles. The molecule has 1 aromatic rings. The minimum Gasteiger partial charge on any atom is -0.494 e. The Balaban J connectivity index is 2.05. The molecule has 0 spiro atoms. The molecule has 0 saturated carbocycles. The zero-order valence-corrected chi connectivity index (χ0v) is 11.6. The summed E-state index contributed by atoms with van der Waals surface area (Å²) in [5.41, 5.74) is 2.59. The van der Waals surface area contributed by atoms with Crippen molar-refractivity contribution in [1.82, 2.24) is 0 Å². The van der Waals surface area contributed by atoms with Gasteiger partial charge in [0.25, 0.3) is 0 Å². The summed E-state index contributed by atoms with van der Waals surface area (Å²) in [4.78, 5) is 0. The lowest BCUT2D eigenvalue weighted by atomic mass is 10.1. The highest BCUT2D eigenvalue weighted by atomic mass is 16.5. The van der Waals surface area contributed by atoms with Crippen molar-refractivity contribution >= 4 is 0 Å². The predicted octanol–water partition coefficient (Wildman–Crippen LogP) is 1.41. The van der Waals surface area contributed by atoms with E-state index in [0.29, 0.717) is 0 Å². The Bertz CT molecular complexity index is 339. The van der Waals surface area contributed by atoms with Gasteiger partial charge in [-0.3, -0.25) is 0 Å². The van der Waals surface area contributed by atoms with Crippen molar-refractivity contribution in [2.45, 2.75) is 33.1 Å². The zero-order chi connectivity index (χ0) is 13.2. The molecule has 0 fully saturated rings. The summed E-state index contributed by atoms with van der Waals surface area (Å²) in [5, 5.41) is 10.8. The van der Waals surface area contributed by atoms with Crippen LogP contribution in [0.15, 0.2) is 18.2 Å². The lowest BCUT2D eigenvalue weighted by Crippen LogP contribution is -2.85. The van der Waals surface area contributed by atoms with Gasteiger partial charge >= 0.3 is 0 Å². The Morgan fingerprint density at radius 2 is 1.89 bits per heavy atom. The second-order valence-electron chi connectivity index (χ2n) is 4.74. The van der Waals surface area contributed by atoms with E-state index in [1.807, 2.05) is 6.07 Å². The summed E-state index contributed by atoms with van der Waals surface area (Å²) in [6.45, 7) is 7.21. The minimum atomic E-state index is 0.274. The molecule has 0 amide bonds. The molecule has 0 aliphatic heterocycles. The first-order valence-electron chi connectivity index (χ1n) is 6.86. The fourth-order valence-corrected chi connectivity index (χ4v) is 1.80. The summed E-state index contributed by atoms with van der Waals surface area (Å²) in [6.07, 6.45) is 3.48. The van der Waals surface area contributed by atoms with E-state index >= 15 is 0 Å². The Hall–Kier alpha value is -1.06. The van der Waals surface area contributed by atoms with Crippen LogP contribution < -0.4 is 10.1 Å². The molecule has 0 aliphatic carbocycles. The van der Waals surface area contributed by atoms with Crippen molar-refractivity contribution in [1.29, 1.82) is 0 Å². The molecule has 1 rings (SSSR count). The molecule has 3 N–H and O–H groups in total. The molecule has 102 valence electrons. The van der Waals surface area contributed by atoms with Gasteiger partial charge in [-0.15, -0.1) is 0 Å². The third-order valence-electron chi connectivity index (χ3n) is 3.13. The summed E-state index contributed by atoms with van der Waals surface area (Å²) in [5.74, 6) is 0.977. The molecular formula is C15H26NO2+. The summed E-state index contributed by atoms with van der Waals surface area (Å²) in [6, 6.07) is 6.25. The van der Waals surface area contributed by atoms with Gasteiger partial charge in [-0.2, -0.15) is 0 Å². The monoisotopic (exact) mass is 252 g/mol. The fourth-order valence-electron chi connectivity index (χ4n) is 1.80. The van der Waals surface area contributed by atoms with E-state index in [1.54, 1.807) is 0 Å². The van der Waals surface area contributed by atoms with Crippen LogP contribution in [0, 0.1) is 13.8 Å². The Kier molecular flexibility index (Phi) is 7.46. The zero-order valence-electron chi connectivity index (χ0n) is 11.6. The van der Waals surface area contributed by atoms with Gasteiger partial charge in [-0.1, -0.05) is 6.07 Å². The van der Waals surface area contributed by atoms with E-state index in [4.69, 9.17) is 9.84 Å². The third kappa shape index (κ3) is 6.03. The Labute approximate surface area is 110 Å². The van der Waals surface area contributed by atoms with Crippen LogP contribution >= 0.6 is 0 Å². The topological polar surface area (TPSA) is 46.1 Å². The SMILES string of the molecule is Cc1ccc(OCCCCC[NH2+]CCO)cc1C. The number of ether oxygens (including phenoxy) is 1. The maximum absolute atomic E-state index is 8.62. The van der Waals surface area contributed by atoms with E-state index < -0.39 is 0 Å². The first kappa shape index (κ1) is 15.0. The molecule has 0 atom stereocenters. The molecule has 3 nitrogen and oxygen atoms in total. The van der Waals surface area contributed by atoms with Crippen molar-refractivity contribution in [3.63, 3.8) is 0 Å². The molecule has 3 heteroatoms. The first-order valence-corrected chi connectivity index (χ1v) is 6.86. The van der Waals surface area contributed by atoms with Crippen molar-refractivity contribution in [3.8, 4) is 5.75 Å². The second kappa shape index (κ2) is 8.95. The molecule has 18 heavy (non-hydrogen) atoms. The van der Waals surface area contributed by atoms with Gasteiger partial charge < -0.3 is 15.2 Å². The van der Waals surface area contributed by atoms with Crippen LogP contribution in [-0.2, 0) is 0 Å². The van der Waals surface area contributed by atoms with Gasteiger partial charge in [-0.05, 0) is 56.4 Å². The second-order valence-corrected chi connectivity index (χ2v) is 4.74. The number of aliphatic hydroxyl groups excluding tert-OH is 1. The summed E-state index contributed by atoms with van der Waals surface area (Å²) >= 11 is 0. The van der Waals surface area contributed by atoms with Crippen LogP contribution in [0.25, 0.3) is 0 Å². The summed E-state index contributed by atoms with van der Waals surface area (Å²) in [7, 11) is 0. The smallest absolute Gasteiger partial charge is 0.119 e. The average molecular weight is 252 g/mol. The molecular weight excluding hydrogens is 226 g/mol. The van der Waals surface area contributed by atoms with Crippen LogP contribution in [0.3, 0.4) is 0 Å². The van der Waals surface area contributed by atoms with E-state index in [1.165, 1.54) is 24.0 Å². The molecule has 0 radical (unpaired) electrons. The van der Waals surface area contributed by atoms with Gasteiger partial charge in [0.05, 0.1) is 26.3 Å². The number of aliphatic hydroxyl groups is 1. The lowest BCUT2D eigenvalue weighted by Gasteiger charge is -2.08. The van der Waals surface area contributed by atoms with E-state index in [2.05, 4.69) is 31.3 Å². The van der Waals surface area contributed by atoms with Gasteiger partial charge in [0.15, 0.2) is 0 Å². The number of aryl methyl sites for hydroxylation is 2. The van der Waals surface area contributed by atoms with Crippen molar-refractivity contribution < 1.29 is 15.2 Å². The molecule has 0 saturated heterocycles. The molecule has 0 bridgehead atoms. The number of quaternary nitrogens is 1. The van der Waals surface area contributed by atoms with Crippen LogP contribution in [0.1, 0.15) is 30.4 Å².